The van der Waals surface area contributed by atoms with Gasteiger partial charge in [0, 0.05) is 26.4 Å². The molecule has 0 aliphatic carbocycles. The molecule has 8 heteroatoms. The summed E-state index contributed by atoms with van der Waals surface area (Å²) < 4.78 is 2.12. The van der Waals surface area contributed by atoms with Crippen LogP contribution >= 0.6 is 46.2 Å². The van der Waals surface area contributed by atoms with Crippen LogP contribution in [0.3, 0.4) is 0 Å². The summed E-state index contributed by atoms with van der Waals surface area (Å²) in [6, 6.07) is 21.4. The minimum Gasteiger partial charge on any atom is -0.278 e. The highest BCUT2D eigenvalue weighted by atomic mass is 35.5. The molecule has 0 fully saturated rings. The van der Waals surface area contributed by atoms with Crippen LogP contribution in [0.2, 0.25) is 5.02 Å². The lowest BCUT2D eigenvalue weighted by Crippen LogP contribution is -1.91. The van der Waals surface area contributed by atoms with Crippen molar-refractivity contribution in [1.82, 2.24) is 3.97 Å². The lowest BCUT2D eigenvalue weighted by Gasteiger charge is -2.10. The zero-order valence-corrected chi connectivity index (χ0v) is 19.0. The number of nitroso groups, excluding NO2 is 1. The van der Waals surface area contributed by atoms with Crippen LogP contribution in [-0.4, -0.2) is 3.97 Å². The average Bonchev–Trinajstić information content (AvgIpc) is 3.53. The maximum absolute atomic E-state index is 11.3. The third kappa shape index (κ3) is 3.58. The summed E-state index contributed by atoms with van der Waals surface area (Å²) in [7, 11) is 0. The first-order chi connectivity index (χ1) is 15.2. The van der Waals surface area contributed by atoms with Crippen molar-refractivity contribution in [2.24, 2.45) is 5.18 Å². The summed E-state index contributed by atoms with van der Waals surface area (Å²) in [6.45, 7) is 0. The van der Waals surface area contributed by atoms with Crippen LogP contribution in [-0.2, 0) is 0 Å². The van der Waals surface area contributed by atoms with Gasteiger partial charge in [-0.3, -0.25) is 3.97 Å². The Kier molecular flexibility index (Phi) is 5.38. The second-order valence-electron chi connectivity index (χ2n) is 6.61. The Bertz CT molecular complexity index is 1440. The number of thiophene rings is 2. The first-order valence-corrected chi connectivity index (χ1v) is 12.1. The molecule has 150 valence electrons. The molecule has 3 heterocycles. The Balaban J connectivity index is 1.87. The lowest BCUT2D eigenvalue weighted by molar-refractivity contribution is 1.32. The van der Waals surface area contributed by atoms with E-state index < -0.39 is 0 Å². The van der Waals surface area contributed by atoms with Crippen molar-refractivity contribution < 1.29 is 0 Å². The van der Waals surface area contributed by atoms with Crippen LogP contribution in [0.15, 0.2) is 81.5 Å². The summed E-state index contributed by atoms with van der Waals surface area (Å²) >= 11 is 10.7. The summed E-state index contributed by atoms with van der Waals surface area (Å²) in [4.78, 5) is 14.0. The number of halogens is 1. The Labute approximate surface area is 195 Å². The van der Waals surface area contributed by atoms with Crippen LogP contribution < -0.4 is 0 Å². The van der Waals surface area contributed by atoms with E-state index >= 15 is 0 Å². The van der Waals surface area contributed by atoms with Crippen LogP contribution in [0, 0.1) is 16.2 Å². The zero-order chi connectivity index (χ0) is 21.4. The Morgan fingerprint density at radius 2 is 1.87 bits per heavy atom. The molecule has 0 amide bonds. The Morgan fingerprint density at radius 1 is 1.03 bits per heavy atom. The molecule has 0 radical (unpaired) electrons. The van der Waals surface area contributed by atoms with Gasteiger partial charge in [0.1, 0.15) is 16.6 Å². The van der Waals surface area contributed by atoms with Crippen LogP contribution in [0.1, 0.15) is 4.88 Å². The van der Waals surface area contributed by atoms with Crippen LogP contribution in [0.25, 0.3) is 32.6 Å². The molecular weight excluding hydrogens is 466 g/mol. The van der Waals surface area contributed by atoms with E-state index in [1.54, 1.807) is 35.4 Å². The Morgan fingerprint density at radius 3 is 2.58 bits per heavy atom. The highest BCUT2D eigenvalue weighted by Crippen LogP contribution is 2.48. The Hall–Kier alpha value is -2.89. The van der Waals surface area contributed by atoms with Crippen molar-refractivity contribution in [2.75, 3.05) is 0 Å². The number of nitrogens with zero attached hydrogens (tertiary/aromatic N) is 3. The van der Waals surface area contributed by atoms with E-state index in [-0.39, 0.29) is 0 Å². The topological polar surface area (TPSA) is 58.1 Å². The zero-order valence-electron chi connectivity index (χ0n) is 15.8. The molecule has 0 spiro atoms. The smallest absolute Gasteiger partial charge is 0.112 e. The number of hydrogen-bond donors (Lipinski definition) is 0. The molecule has 5 aromatic rings. The molecule has 2 aromatic carbocycles. The molecule has 3 aromatic heterocycles. The van der Waals surface area contributed by atoms with E-state index in [2.05, 4.69) is 21.3 Å². The van der Waals surface area contributed by atoms with E-state index in [1.807, 2.05) is 53.2 Å². The van der Waals surface area contributed by atoms with E-state index in [9.17, 15) is 10.2 Å². The van der Waals surface area contributed by atoms with Crippen molar-refractivity contribution in [1.29, 1.82) is 5.26 Å². The number of hydrogen-bond acceptors (Lipinski definition) is 6. The van der Waals surface area contributed by atoms with Gasteiger partial charge < -0.3 is 0 Å². The average molecular weight is 478 g/mol. The molecule has 0 bridgehead atoms. The molecular formula is C23H12ClN3OS3. The summed E-state index contributed by atoms with van der Waals surface area (Å²) in [5.74, 6) is 0. The van der Waals surface area contributed by atoms with E-state index in [1.165, 1.54) is 11.3 Å². The van der Waals surface area contributed by atoms with Gasteiger partial charge in [-0.1, -0.05) is 17.7 Å². The first kappa shape index (κ1) is 20.0. The molecule has 5 rings (SSSR count). The number of rotatable bonds is 5. The largest absolute Gasteiger partial charge is 0.278 e. The maximum Gasteiger partial charge on any atom is 0.112 e. The second kappa shape index (κ2) is 8.33. The minimum absolute atomic E-state index is 0.359. The van der Waals surface area contributed by atoms with Gasteiger partial charge in [0.25, 0.3) is 0 Å². The SMILES string of the molecule is N#Cc1sccc1-c1c(-c2cccs2)n(Sc2ccc(Cl)cc2)c2cc(N=O)ccc12. The van der Waals surface area contributed by atoms with E-state index in [0.717, 1.165) is 37.5 Å². The molecule has 31 heavy (non-hydrogen) atoms. The lowest BCUT2D eigenvalue weighted by atomic mass is 10.0. The molecule has 0 unspecified atom stereocenters. The molecule has 0 saturated heterocycles. The van der Waals surface area contributed by atoms with Crippen LogP contribution in [0.5, 0.6) is 0 Å². The number of fused-ring (bicyclic) bond motifs is 1. The van der Waals surface area contributed by atoms with Gasteiger partial charge in [0.05, 0.1) is 16.1 Å². The van der Waals surface area contributed by atoms with Gasteiger partial charge in [-0.05, 0) is 82.5 Å². The summed E-state index contributed by atoms with van der Waals surface area (Å²) in [6.07, 6.45) is 0. The molecule has 0 saturated carbocycles. The number of nitriles is 1. The van der Waals surface area contributed by atoms with Gasteiger partial charge in [0.15, 0.2) is 0 Å². The predicted molar refractivity (Wildman–Crippen MR) is 131 cm³/mol. The van der Waals surface area contributed by atoms with Gasteiger partial charge >= 0.3 is 0 Å². The molecule has 0 N–H and O–H groups in total. The normalized spacial score (nSPS) is 11.0. The van der Waals surface area contributed by atoms with Crippen molar-refractivity contribution in [2.45, 2.75) is 4.90 Å². The highest BCUT2D eigenvalue weighted by Gasteiger charge is 2.24. The van der Waals surface area contributed by atoms with Gasteiger partial charge in [-0.15, -0.1) is 27.6 Å². The first-order valence-electron chi connectivity index (χ1n) is 9.17. The quantitative estimate of drug-likeness (QED) is 0.238. The third-order valence-electron chi connectivity index (χ3n) is 4.82. The maximum atomic E-state index is 11.3. The van der Waals surface area contributed by atoms with Crippen molar-refractivity contribution in [3.63, 3.8) is 0 Å². The van der Waals surface area contributed by atoms with Gasteiger partial charge in [-0.2, -0.15) is 5.26 Å². The minimum atomic E-state index is 0.359. The summed E-state index contributed by atoms with van der Waals surface area (Å²) in [5, 5.41) is 18.4. The van der Waals surface area contributed by atoms with E-state index in [0.29, 0.717) is 15.6 Å². The van der Waals surface area contributed by atoms with Crippen molar-refractivity contribution in [3.8, 4) is 27.8 Å². The van der Waals surface area contributed by atoms with Crippen LogP contribution in [0.4, 0.5) is 5.69 Å². The fraction of sp³-hybridized carbons (Fsp3) is 0. The molecule has 0 atom stereocenters. The molecule has 0 aliphatic heterocycles. The summed E-state index contributed by atoms with van der Waals surface area (Å²) in [5.41, 5.74) is 4.09. The number of aromatic nitrogens is 1. The van der Waals surface area contributed by atoms with Gasteiger partial charge in [-0.25, -0.2) is 0 Å². The molecule has 0 aliphatic rings. The highest BCUT2D eigenvalue weighted by molar-refractivity contribution is 7.98. The predicted octanol–water partition coefficient (Wildman–Crippen LogP) is 8.58. The van der Waals surface area contributed by atoms with Crippen molar-refractivity contribution >= 4 is 62.8 Å². The van der Waals surface area contributed by atoms with Gasteiger partial charge in [0.2, 0.25) is 0 Å². The molecule has 4 nitrogen and oxygen atoms in total. The van der Waals surface area contributed by atoms with E-state index in [4.69, 9.17) is 11.6 Å². The third-order valence-corrected chi connectivity index (χ3v) is 7.81. The number of benzene rings is 2. The second-order valence-corrected chi connectivity index (χ2v) is 9.93. The monoisotopic (exact) mass is 477 g/mol. The fourth-order valence-electron chi connectivity index (χ4n) is 3.50. The fourth-order valence-corrected chi connectivity index (χ4v) is 6.14. The standard InChI is InChI=1S/C23H12ClN3OS3/c24-14-3-6-16(7-4-14)31-27-19-12-15(26-28)5-8-17(19)22(18-9-11-30-21(18)13-25)23(27)20-2-1-10-29-20/h1-12H. The van der Waals surface area contributed by atoms with Crippen molar-refractivity contribution in [3.05, 3.63) is 86.2 Å².